The number of amides is 2. The van der Waals surface area contributed by atoms with Crippen LogP contribution in [0, 0.1) is 5.41 Å². The van der Waals surface area contributed by atoms with E-state index in [4.69, 9.17) is 11.6 Å². The van der Waals surface area contributed by atoms with E-state index in [9.17, 15) is 9.59 Å². The second kappa shape index (κ2) is 6.06. The number of hydrogen-bond donors (Lipinski definition) is 2. The lowest BCUT2D eigenvalue weighted by Gasteiger charge is -2.21. The molecule has 104 valence electrons. The van der Waals surface area contributed by atoms with Gasteiger partial charge in [0.25, 0.3) is 0 Å². The first-order chi connectivity index (χ1) is 8.70. The van der Waals surface area contributed by atoms with Gasteiger partial charge in [0.1, 0.15) is 6.04 Å². The smallest absolute Gasteiger partial charge is 0.246 e. The third-order valence-corrected chi connectivity index (χ3v) is 2.79. The molecule has 2 N–H and O–H groups in total. The summed E-state index contributed by atoms with van der Waals surface area (Å²) < 4.78 is 0. The van der Waals surface area contributed by atoms with Gasteiger partial charge < -0.3 is 10.6 Å². The van der Waals surface area contributed by atoms with Gasteiger partial charge in [-0.15, -0.1) is 0 Å². The Kier molecular flexibility index (Phi) is 4.95. The molecule has 1 aromatic carbocycles. The maximum absolute atomic E-state index is 11.9. The maximum atomic E-state index is 11.9. The third-order valence-electron chi connectivity index (χ3n) is 2.53. The molecule has 5 heteroatoms. The molecule has 19 heavy (non-hydrogen) atoms. The quantitative estimate of drug-likeness (QED) is 0.896. The predicted molar refractivity (Wildman–Crippen MR) is 77.1 cm³/mol. The van der Waals surface area contributed by atoms with Gasteiger partial charge in [-0.1, -0.05) is 32.4 Å². The highest BCUT2D eigenvalue weighted by Crippen LogP contribution is 2.15. The molecule has 0 heterocycles. The Balaban J connectivity index is 2.58. The second-order valence-corrected chi connectivity index (χ2v) is 5.88. The second-order valence-electron chi connectivity index (χ2n) is 5.44. The van der Waals surface area contributed by atoms with Crippen molar-refractivity contribution in [2.75, 3.05) is 5.32 Å². The molecule has 0 aromatic heterocycles. The number of hydrogen-bond acceptors (Lipinski definition) is 2. The minimum Gasteiger partial charge on any atom is -0.344 e. The van der Waals surface area contributed by atoms with Crippen LogP contribution in [0.25, 0.3) is 0 Å². The highest BCUT2D eigenvalue weighted by atomic mass is 35.5. The van der Waals surface area contributed by atoms with Gasteiger partial charge in [0.15, 0.2) is 0 Å². The van der Waals surface area contributed by atoms with Crippen molar-refractivity contribution in [3.05, 3.63) is 29.3 Å². The Bertz CT molecular complexity index is 463. The zero-order valence-electron chi connectivity index (χ0n) is 11.6. The molecule has 0 aliphatic rings. The van der Waals surface area contributed by atoms with Gasteiger partial charge in [0.05, 0.1) is 0 Å². The third kappa shape index (κ3) is 4.91. The van der Waals surface area contributed by atoms with Crippen LogP contribution in [0.3, 0.4) is 0 Å². The number of halogens is 1. The molecule has 0 saturated carbocycles. The zero-order chi connectivity index (χ0) is 14.6. The van der Waals surface area contributed by atoms with E-state index in [1.165, 1.54) is 0 Å². The largest absolute Gasteiger partial charge is 0.344 e. The van der Waals surface area contributed by atoms with Gasteiger partial charge in [0, 0.05) is 16.1 Å². The zero-order valence-corrected chi connectivity index (χ0v) is 12.3. The van der Waals surface area contributed by atoms with Crippen LogP contribution < -0.4 is 10.6 Å². The fourth-order valence-corrected chi connectivity index (χ4v) is 1.39. The van der Waals surface area contributed by atoms with Gasteiger partial charge in [0.2, 0.25) is 11.8 Å². The Hall–Kier alpha value is -1.55. The lowest BCUT2D eigenvalue weighted by molar-refractivity contribution is -0.131. The summed E-state index contributed by atoms with van der Waals surface area (Å²) in [5.74, 6) is -0.425. The normalized spacial score (nSPS) is 12.7. The summed E-state index contributed by atoms with van der Waals surface area (Å²) in [6.45, 7) is 7.04. The van der Waals surface area contributed by atoms with E-state index < -0.39 is 11.5 Å². The molecule has 0 aliphatic heterocycles. The van der Waals surface area contributed by atoms with E-state index in [0.717, 1.165) is 0 Å². The number of carbonyl (C=O) groups is 2. The fraction of sp³-hybridized carbons (Fsp3) is 0.429. The van der Waals surface area contributed by atoms with Gasteiger partial charge in [-0.2, -0.15) is 0 Å². The van der Waals surface area contributed by atoms with Crippen LogP contribution >= 0.6 is 11.6 Å². The summed E-state index contributed by atoms with van der Waals surface area (Å²) >= 11 is 5.76. The van der Waals surface area contributed by atoms with Crippen molar-refractivity contribution < 1.29 is 9.59 Å². The highest BCUT2D eigenvalue weighted by molar-refractivity contribution is 6.30. The highest BCUT2D eigenvalue weighted by Gasteiger charge is 2.24. The molecule has 4 nitrogen and oxygen atoms in total. The topological polar surface area (TPSA) is 58.2 Å². The Morgan fingerprint density at radius 3 is 2.16 bits per heavy atom. The minimum absolute atomic E-state index is 0.161. The summed E-state index contributed by atoms with van der Waals surface area (Å²) in [6, 6.07) is 6.20. The van der Waals surface area contributed by atoms with Crippen LogP contribution in [0.2, 0.25) is 5.02 Å². The van der Waals surface area contributed by atoms with Crippen molar-refractivity contribution in [2.24, 2.45) is 5.41 Å². The molecule has 0 spiro atoms. The van der Waals surface area contributed by atoms with Crippen molar-refractivity contribution in [1.29, 1.82) is 0 Å². The summed E-state index contributed by atoms with van der Waals surface area (Å²) in [4.78, 5) is 23.7. The molecule has 0 fully saturated rings. The number of benzene rings is 1. The molecule has 2 amide bonds. The summed E-state index contributed by atoms with van der Waals surface area (Å²) in [5, 5.41) is 5.99. The molecule has 0 radical (unpaired) electrons. The SMILES string of the molecule is CC(NC(=O)C(C)(C)C)C(=O)Nc1ccc(Cl)cc1. The first-order valence-corrected chi connectivity index (χ1v) is 6.45. The Morgan fingerprint density at radius 1 is 1.16 bits per heavy atom. The van der Waals surface area contributed by atoms with Crippen LogP contribution in [-0.2, 0) is 9.59 Å². The van der Waals surface area contributed by atoms with E-state index in [-0.39, 0.29) is 11.8 Å². The average Bonchev–Trinajstić information content (AvgIpc) is 2.30. The summed E-state index contributed by atoms with van der Waals surface area (Å²) in [7, 11) is 0. The molecule has 1 unspecified atom stereocenters. The number of nitrogens with one attached hydrogen (secondary N) is 2. The van der Waals surface area contributed by atoms with E-state index in [1.807, 2.05) is 0 Å². The molecular weight excluding hydrogens is 264 g/mol. The minimum atomic E-state index is -0.595. The number of rotatable bonds is 3. The van der Waals surface area contributed by atoms with Gasteiger partial charge in [-0.25, -0.2) is 0 Å². The van der Waals surface area contributed by atoms with Crippen LogP contribution in [0.1, 0.15) is 27.7 Å². The van der Waals surface area contributed by atoms with E-state index in [0.29, 0.717) is 10.7 Å². The molecule has 1 aromatic rings. The van der Waals surface area contributed by atoms with E-state index >= 15 is 0 Å². The number of anilines is 1. The van der Waals surface area contributed by atoms with Crippen LogP contribution in [0.5, 0.6) is 0 Å². The van der Waals surface area contributed by atoms with Crippen molar-refractivity contribution in [3.63, 3.8) is 0 Å². The van der Waals surface area contributed by atoms with Crippen LogP contribution in [0.15, 0.2) is 24.3 Å². The first-order valence-electron chi connectivity index (χ1n) is 6.07. The first kappa shape index (κ1) is 15.5. The molecule has 0 saturated heterocycles. The molecular formula is C14H19ClN2O2. The van der Waals surface area contributed by atoms with Gasteiger partial charge >= 0.3 is 0 Å². The van der Waals surface area contributed by atoms with Crippen LogP contribution in [0.4, 0.5) is 5.69 Å². The summed E-state index contributed by atoms with van der Waals surface area (Å²) in [5.41, 5.74) is 0.126. The van der Waals surface area contributed by atoms with Crippen molar-refractivity contribution in [1.82, 2.24) is 5.32 Å². The standard InChI is InChI=1S/C14H19ClN2O2/c1-9(16-13(19)14(2,3)4)12(18)17-11-7-5-10(15)6-8-11/h5-9H,1-4H3,(H,16,19)(H,17,18). The Morgan fingerprint density at radius 2 is 1.68 bits per heavy atom. The lowest BCUT2D eigenvalue weighted by Crippen LogP contribution is -2.46. The van der Waals surface area contributed by atoms with Gasteiger partial charge in [-0.3, -0.25) is 9.59 Å². The van der Waals surface area contributed by atoms with Gasteiger partial charge in [-0.05, 0) is 31.2 Å². The summed E-state index contributed by atoms with van der Waals surface area (Å²) in [6.07, 6.45) is 0. The Labute approximate surface area is 118 Å². The molecule has 1 rings (SSSR count). The van der Waals surface area contributed by atoms with Crippen molar-refractivity contribution >= 4 is 29.1 Å². The van der Waals surface area contributed by atoms with Crippen LogP contribution in [-0.4, -0.2) is 17.9 Å². The average molecular weight is 283 g/mol. The van der Waals surface area contributed by atoms with E-state index in [1.54, 1.807) is 52.0 Å². The monoisotopic (exact) mass is 282 g/mol. The number of carbonyl (C=O) groups excluding carboxylic acids is 2. The predicted octanol–water partition coefficient (Wildman–Crippen LogP) is 2.83. The van der Waals surface area contributed by atoms with Crippen molar-refractivity contribution in [2.45, 2.75) is 33.7 Å². The van der Waals surface area contributed by atoms with E-state index in [2.05, 4.69) is 10.6 Å². The fourth-order valence-electron chi connectivity index (χ4n) is 1.26. The van der Waals surface area contributed by atoms with Crippen molar-refractivity contribution in [3.8, 4) is 0 Å². The molecule has 0 aliphatic carbocycles. The molecule has 1 atom stereocenters. The lowest BCUT2D eigenvalue weighted by atomic mass is 9.95. The maximum Gasteiger partial charge on any atom is 0.246 e. The molecule has 0 bridgehead atoms.